The minimum absolute atomic E-state index is 0.737. The maximum Gasteiger partial charge on any atom is 0.430 e. The van der Waals surface area contributed by atoms with Crippen LogP contribution >= 0.6 is 11.7 Å². The van der Waals surface area contributed by atoms with Crippen molar-refractivity contribution in [3.8, 4) is 0 Å². The molecule has 0 bridgehead atoms. The third kappa shape index (κ3) is 1.24. The van der Waals surface area contributed by atoms with E-state index in [1.165, 1.54) is 4.58 Å². The number of isocyanates is 1. The van der Waals surface area contributed by atoms with Gasteiger partial charge in [-0.3, -0.25) is 0 Å². The molecule has 4 nitrogen and oxygen atoms in total. The van der Waals surface area contributed by atoms with Gasteiger partial charge in [0.2, 0.25) is 5.69 Å². The first-order valence-electron chi connectivity index (χ1n) is 3.65. The maximum atomic E-state index is 10.4. The van der Waals surface area contributed by atoms with Crippen LogP contribution < -0.4 is 0 Å². The Labute approximate surface area is 78.5 Å². The van der Waals surface area contributed by atoms with Crippen LogP contribution in [0.3, 0.4) is 0 Å². The maximum absolute atomic E-state index is 10.4. The van der Waals surface area contributed by atoms with E-state index in [4.69, 9.17) is 0 Å². The average Bonchev–Trinajstić information content (AvgIpc) is 2.63. The Morgan fingerprint density at radius 2 is 2.31 bits per heavy atom. The van der Waals surface area contributed by atoms with Gasteiger partial charge in [-0.05, 0) is 6.07 Å². The molecule has 0 atom stereocenters. The number of carbonyl (C=O) groups excluding carboxylic acids is 1. The van der Waals surface area contributed by atoms with Gasteiger partial charge >= 0.3 is 6.08 Å². The summed E-state index contributed by atoms with van der Waals surface area (Å²) >= 11 is 1.14. The van der Waals surface area contributed by atoms with Crippen molar-refractivity contribution in [3.63, 3.8) is 0 Å². The SMILES string of the molecule is C[N+](=C=O)c1cccc2nsnc12. The largest absolute Gasteiger partial charge is 0.430 e. The zero-order chi connectivity index (χ0) is 9.26. The molecule has 0 saturated carbocycles. The second kappa shape index (κ2) is 3.05. The Bertz CT molecular complexity index is 499. The molecule has 0 amide bonds. The van der Waals surface area contributed by atoms with E-state index >= 15 is 0 Å². The Hall–Kier alpha value is -1.58. The number of fused-ring (bicyclic) bond motifs is 1. The van der Waals surface area contributed by atoms with Crippen LogP contribution in [0, 0.1) is 0 Å². The van der Waals surface area contributed by atoms with Gasteiger partial charge in [0.05, 0.1) is 11.7 Å². The average molecular weight is 192 g/mol. The summed E-state index contributed by atoms with van der Waals surface area (Å²) in [5.41, 5.74) is 2.30. The number of nitrogens with zero attached hydrogens (tertiary/aromatic N) is 3. The van der Waals surface area contributed by atoms with Crippen LogP contribution in [-0.2, 0) is 4.79 Å². The highest BCUT2D eigenvalue weighted by Crippen LogP contribution is 2.22. The molecule has 1 aromatic carbocycles. The van der Waals surface area contributed by atoms with Gasteiger partial charge in [0.25, 0.3) is 0 Å². The lowest BCUT2D eigenvalue weighted by Gasteiger charge is -1.90. The number of hydrogen-bond acceptors (Lipinski definition) is 4. The quantitative estimate of drug-likeness (QED) is 0.388. The van der Waals surface area contributed by atoms with E-state index in [2.05, 4.69) is 8.75 Å². The predicted molar refractivity (Wildman–Crippen MR) is 49.0 cm³/mol. The van der Waals surface area contributed by atoms with Gasteiger partial charge < -0.3 is 0 Å². The summed E-state index contributed by atoms with van der Waals surface area (Å²) in [7, 11) is 1.64. The summed E-state index contributed by atoms with van der Waals surface area (Å²) in [6.45, 7) is 0. The first kappa shape index (κ1) is 8.04. The van der Waals surface area contributed by atoms with E-state index in [0.29, 0.717) is 0 Å². The molecule has 0 unspecified atom stereocenters. The number of benzene rings is 1. The lowest BCUT2D eigenvalue weighted by Crippen LogP contribution is -1.95. The van der Waals surface area contributed by atoms with Crippen molar-refractivity contribution in [2.75, 3.05) is 7.05 Å². The summed E-state index contributed by atoms with van der Waals surface area (Å²) in [5, 5.41) is 0. The lowest BCUT2D eigenvalue weighted by atomic mass is 10.2. The summed E-state index contributed by atoms with van der Waals surface area (Å²) in [5.74, 6) is 0. The van der Waals surface area contributed by atoms with Crippen LogP contribution in [-0.4, -0.2) is 26.5 Å². The third-order valence-corrected chi connectivity index (χ3v) is 2.31. The number of aromatic nitrogens is 2. The van der Waals surface area contributed by atoms with Gasteiger partial charge in [-0.25, -0.2) is 0 Å². The fourth-order valence-corrected chi connectivity index (χ4v) is 1.66. The minimum Gasteiger partial charge on any atom is -0.173 e. The highest BCUT2D eigenvalue weighted by atomic mass is 32.1. The fraction of sp³-hybridized carbons (Fsp3) is 0.125. The van der Waals surface area contributed by atoms with E-state index in [1.54, 1.807) is 13.1 Å². The lowest BCUT2D eigenvalue weighted by molar-refractivity contribution is -0.400. The number of rotatable bonds is 1. The van der Waals surface area contributed by atoms with E-state index in [9.17, 15) is 4.79 Å². The number of hydrogen-bond donors (Lipinski definition) is 0. The normalized spacial score (nSPS) is 9.92. The van der Waals surface area contributed by atoms with Crippen LogP contribution in [0.5, 0.6) is 0 Å². The van der Waals surface area contributed by atoms with Gasteiger partial charge in [0.15, 0.2) is 12.6 Å². The summed E-state index contributed by atoms with van der Waals surface area (Å²) in [4.78, 5) is 10.4. The van der Waals surface area contributed by atoms with Crippen LogP contribution in [0.4, 0.5) is 5.69 Å². The smallest absolute Gasteiger partial charge is 0.173 e. The Kier molecular flexibility index (Phi) is 1.88. The van der Waals surface area contributed by atoms with E-state index in [-0.39, 0.29) is 0 Å². The Morgan fingerprint density at radius 3 is 3.08 bits per heavy atom. The molecule has 0 saturated heterocycles. The monoisotopic (exact) mass is 192 g/mol. The standard InChI is InChI=1S/C8H6N3OS/c1-11(5-12)7-4-2-3-6-8(7)10-13-9-6/h2-4H,1H3/q+1. The zero-order valence-electron chi connectivity index (χ0n) is 6.89. The molecule has 2 rings (SSSR count). The zero-order valence-corrected chi connectivity index (χ0v) is 7.71. The molecule has 5 heteroatoms. The molecule has 0 spiro atoms. The topological polar surface area (TPSA) is 45.9 Å². The molecule has 0 radical (unpaired) electrons. The first-order chi connectivity index (χ1) is 6.33. The molecule has 0 fully saturated rings. The van der Waals surface area contributed by atoms with Crippen molar-refractivity contribution in [3.05, 3.63) is 18.2 Å². The Balaban J connectivity index is 2.82. The highest BCUT2D eigenvalue weighted by molar-refractivity contribution is 7.00. The van der Waals surface area contributed by atoms with E-state index < -0.39 is 0 Å². The molecule has 0 aliphatic carbocycles. The van der Waals surface area contributed by atoms with Crippen LogP contribution in [0.2, 0.25) is 0 Å². The van der Waals surface area contributed by atoms with Crippen LogP contribution in [0.1, 0.15) is 0 Å². The molecular formula is C8H6N3OS+. The second-order valence-electron chi connectivity index (χ2n) is 2.56. The van der Waals surface area contributed by atoms with Gasteiger partial charge in [0.1, 0.15) is 5.52 Å². The summed E-state index contributed by atoms with van der Waals surface area (Å²) < 4.78 is 9.53. The molecule has 13 heavy (non-hydrogen) atoms. The van der Waals surface area contributed by atoms with Crippen molar-refractivity contribution in [2.45, 2.75) is 0 Å². The van der Waals surface area contributed by atoms with Crippen LogP contribution in [0.15, 0.2) is 18.2 Å². The highest BCUT2D eigenvalue weighted by Gasteiger charge is 2.12. The van der Waals surface area contributed by atoms with Gasteiger partial charge in [-0.1, -0.05) is 6.07 Å². The first-order valence-corrected chi connectivity index (χ1v) is 4.39. The Morgan fingerprint density at radius 1 is 1.46 bits per heavy atom. The molecule has 0 aliphatic heterocycles. The summed E-state index contributed by atoms with van der Waals surface area (Å²) in [6, 6.07) is 5.52. The van der Waals surface area contributed by atoms with Gasteiger partial charge in [-0.2, -0.15) is 13.5 Å². The van der Waals surface area contributed by atoms with Crippen molar-refractivity contribution in [1.29, 1.82) is 0 Å². The van der Waals surface area contributed by atoms with Gasteiger partial charge in [-0.15, -0.1) is 4.58 Å². The summed E-state index contributed by atoms with van der Waals surface area (Å²) in [6.07, 6.45) is 1.78. The van der Waals surface area contributed by atoms with Crippen molar-refractivity contribution >= 4 is 34.5 Å². The molecule has 2 aromatic rings. The van der Waals surface area contributed by atoms with E-state index in [0.717, 1.165) is 28.4 Å². The molecule has 64 valence electrons. The van der Waals surface area contributed by atoms with Crippen molar-refractivity contribution in [2.24, 2.45) is 0 Å². The second-order valence-corrected chi connectivity index (χ2v) is 3.09. The molecular weight excluding hydrogens is 186 g/mol. The van der Waals surface area contributed by atoms with Crippen molar-refractivity contribution in [1.82, 2.24) is 8.75 Å². The van der Waals surface area contributed by atoms with Crippen LogP contribution in [0.25, 0.3) is 11.0 Å². The van der Waals surface area contributed by atoms with E-state index in [1.807, 2.05) is 18.2 Å². The molecule has 0 aliphatic rings. The molecule has 0 N–H and O–H groups in total. The van der Waals surface area contributed by atoms with Gasteiger partial charge in [0, 0.05) is 6.07 Å². The molecule has 1 aromatic heterocycles. The predicted octanol–water partition coefficient (Wildman–Crippen LogP) is 1.30. The molecule has 1 heterocycles. The fourth-order valence-electron chi connectivity index (χ4n) is 1.11. The minimum atomic E-state index is 0.737. The third-order valence-electron chi connectivity index (χ3n) is 1.76. The van der Waals surface area contributed by atoms with Crippen molar-refractivity contribution < 1.29 is 9.37 Å².